The Morgan fingerprint density at radius 1 is 1.44 bits per heavy atom. The number of hydrogen-bond donors (Lipinski definition) is 1. The topological polar surface area (TPSA) is 38.3 Å². The maximum Gasteiger partial charge on any atom is 0.265 e. The number of hydrogen-bond acceptors (Lipinski definition) is 3. The van der Waals surface area contributed by atoms with E-state index in [1.165, 1.54) is 0 Å². The minimum Gasteiger partial charge on any atom is -0.478 e. The molecule has 1 aliphatic heterocycles. The van der Waals surface area contributed by atoms with E-state index >= 15 is 0 Å². The van der Waals surface area contributed by atoms with Crippen molar-refractivity contribution in [2.45, 2.75) is 31.3 Å². The highest BCUT2D eigenvalue weighted by molar-refractivity contribution is 7.99. The van der Waals surface area contributed by atoms with Crippen LogP contribution in [0.4, 0.5) is 5.69 Å². The molecule has 0 aromatic heterocycles. The van der Waals surface area contributed by atoms with Crippen LogP contribution in [0.5, 0.6) is 5.75 Å². The number of carbonyl (C=O) groups excluding carboxylic acids is 1. The number of amides is 1. The fourth-order valence-corrected chi connectivity index (χ4v) is 2.35. The lowest BCUT2D eigenvalue weighted by Crippen LogP contribution is -2.36. The normalized spacial score (nSPS) is 18.6. The predicted molar refractivity (Wildman–Crippen MR) is 66.2 cm³/mol. The summed E-state index contributed by atoms with van der Waals surface area (Å²) in [6.45, 7) is 4.04. The smallest absolute Gasteiger partial charge is 0.265 e. The van der Waals surface area contributed by atoms with Crippen molar-refractivity contribution in [3.63, 3.8) is 0 Å². The van der Waals surface area contributed by atoms with Gasteiger partial charge in [-0.25, -0.2) is 0 Å². The van der Waals surface area contributed by atoms with Crippen LogP contribution in [0.15, 0.2) is 23.1 Å². The summed E-state index contributed by atoms with van der Waals surface area (Å²) in [4.78, 5) is 12.8. The van der Waals surface area contributed by atoms with Crippen molar-refractivity contribution in [3.05, 3.63) is 18.2 Å². The Morgan fingerprint density at radius 2 is 2.25 bits per heavy atom. The van der Waals surface area contributed by atoms with Crippen LogP contribution in [0.25, 0.3) is 0 Å². The maximum atomic E-state index is 11.6. The van der Waals surface area contributed by atoms with Crippen molar-refractivity contribution in [3.8, 4) is 5.75 Å². The van der Waals surface area contributed by atoms with Gasteiger partial charge < -0.3 is 10.1 Å². The quantitative estimate of drug-likeness (QED) is 0.821. The molecule has 0 aliphatic carbocycles. The first kappa shape index (κ1) is 11.3. The molecule has 2 rings (SSSR count). The van der Waals surface area contributed by atoms with Crippen LogP contribution in [0.3, 0.4) is 0 Å². The second kappa shape index (κ2) is 4.78. The maximum absolute atomic E-state index is 11.6. The Bertz CT molecular complexity index is 406. The van der Waals surface area contributed by atoms with E-state index in [9.17, 15) is 4.79 Å². The molecular weight excluding hydrogens is 222 g/mol. The molecule has 1 atom stereocenters. The van der Waals surface area contributed by atoms with Crippen molar-refractivity contribution in [1.82, 2.24) is 0 Å². The van der Waals surface area contributed by atoms with E-state index in [4.69, 9.17) is 4.74 Å². The second-order valence-electron chi connectivity index (χ2n) is 3.59. The van der Waals surface area contributed by atoms with Crippen LogP contribution in [-0.4, -0.2) is 17.8 Å². The monoisotopic (exact) mass is 237 g/mol. The minimum atomic E-state index is -0.350. The zero-order chi connectivity index (χ0) is 11.5. The van der Waals surface area contributed by atoms with Crippen molar-refractivity contribution < 1.29 is 9.53 Å². The first-order valence-corrected chi connectivity index (χ1v) is 6.47. The number of fused-ring (bicyclic) bond motifs is 1. The van der Waals surface area contributed by atoms with E-state index in [0.29, 0.717) is 6.42 Å². The van der Waals surface area contributed by atoms with Crippen LogP contribution in [-0.2, 0) is 4.79 Å². The molecule has 1 unspecified atom stereocenters. The Kier molecular flexibility index (Phi) is 3.39. The van der Waals surface area contributed by atoms with Crippen LogP contribution in [0, 0.1) is 0 Å². The standard InChI is InChI=1S/C12H15NO2S/c1-3-10-12(14)13-9-7-8(16-4-2)5-6-11(9)15-10/h5-7,10H,3-4H2,1-2H3,(H,13,14). The number of benzene rings is 1. The molecule has 1 aromatic rings. The van der Waals surface area contributed by atoms with E-state index in [0.717, 1.165) is 22.1 Å². The number of anilines is 1. The highest BCUT2D eigenvalue weighted by Gasteiger charge is 2.25. The Labute approximate surface area is 99.6 Å². The number of rotatable bonds is 3. The molecule has 0 bridgehead atoms. The van der Waals surface area contributed by atoms with Gasteiger partial charge in [0.05, 0.1) is 5.69 Å². The van der Waals surface area contributed by atoms with Crippen molar-refractivity contribution >= 4 is 23.4 Å². The van der Waals surface area contributed by atoms with Crippen molar-refractivity contribution in [2.75, 3.05) is 11.1 Å². The fraction of sp³-hybridized carbons (Fsp3) is 0.417. The van der Waals surface area contributed by atoms with Crippen LogP contribution in [0.1, 0.15) is 20.3 Å². The molecule has 0 fully saturated rings. The molecule has 0 saturated heterocycles. The number of carbonyl (C=O) groups is 1. The predicted octanol–water partition coefficient (Wildman–Crippen LogP) is 2.91. The van der Waals surface area contributed by atoms with E-state index in [-0.39, 0.29) is 12.0 Å². The first-order chi connectivity index (χ1) is 7.74. The third kappa shape index (κ3) is 2.16. The van der Waals surface area contributed by atoms with Crippen LogP contribution >= 0.6 is 11.8 Å². The zero-order valence-electron chi connectivity index (χ0n) is 9.45. The van der Waals surface area contributed by atoms with E-state index < -0.39 is 0 Å². The lowest BCUT2D eigenvalue weighted by molar-refractivity contribution is -0.123. The summed E-state index contributed by atoms with van der Waals surface area (Å²) < 4.78 is 5.61. The SMILES string of the molecule is CCSc1ccc2c(c1)NC(=O)C(CC)O2. The largest absolute Gasteiger partial charge is 0.478 e. The Morgan fingerprint density at radius 3 is 2.94 bits per heavy atom. The average Bonchev–Trinajstić information content (AvgIpc) is 2.28. The third-order valence-corrected chi connectivity index (χ3v) is 3.33. The summed E-state index contributed by atoms with van der Waals surface area (Å²) in [5.74, 6) is 1.74. The van der Waals surface area contributed by atoms with Crippen LogP contribution < -0.4 is 10.1 Å². The lowest BCUT2D eigenvalue weighted by atomic mass is 10.2. The summed E-state index contributed by atoms with van der Waals surface area (Å²) in [6.07, 6.45) is 0.341. The van der Waals surface area contributed by atoms with Crippen LogP contribution in [0.2, 0.25) is 0 Å². The molecule has 86 valence electrons. The molecule has 1 aromatic carbocycles. The molecule has 3 nitrogen and oxygen atoms in total. The summed E-state index contributed by atoms with van der Waals surface area (Å²) in [7, 11) is 0. The van der Waals surface area contributed by atoms with Gasteiger partial charge >= 0.3 is 0 Å². The van der Waals surface area contributed by atoms with Gasteiger partial charge in [-0.1, -0.05) is 13.8 Å². The lowest BCUT2D eigenvalue weighted by Gasteiger charge is -2.25. The summed E-state index contributed by atoms with van der Waals surface area (Å²) in [6, 6.07) is 5.92. The molecule has 1 aliphatic rings. The van der Waals surface area contributed by atoms with Gasteiger partial charge in [-0.05, 0) is 30.4 Å². The second-order valence-corrected chi connectivity index (χ2v) is 4.93. The van der Waals surface area contributed by atoms with Crippen molar-refractivity contribution in [2.24, 2.45) is 0 Å². The van der Waals surface area contributed by atoms with Gasteiger partial charge in [0.25, 0.3) is 5.91 Å². The summed E-state index contributed by atoms with van der Waals surface area (Å²) in [5.41, 5.74) is 0.785. The molecule has 1 N–H and O–H groups in total. The summed E-state index contributed by atoms with van der Waals surface area (Å²) >= 11 is 1.75. The summed E-state index contributed by atoms with van der Waals surface area (Å²) in [5, 5.41) is 2.88. The van der Waals surface area contributed by atoms with Gasteiger partial charge in [0.1, 0.15) is 5.75 Å². The van der Waals surface area contributed by atoms with E-state index in [1.807, 2.05) is 25.1 Å². The molecule has 1 amide bonds. The molecule has 0 spiro atoms. The van der Waals surface area contributed by atoms with Gasteiger partial charge in [0.15, 0.2) is 6.10 Å². The van der Waals surface area contributed by atoms with E-state index in [1.54, 1.807) is 11.8 Å². The molecule has 0 saturated carbocycles. The Balaban J connectivity index is 2.25. The highest BCUT2D eigenvalue weighted by Crippen LogP contribution is 2.33. The number of thioether (sulfide) groups is 1. The minimum absolute atomic E-state index is 0.0475. The molecular formula is C12H15NO2S. The van der Waals surface area contributed by atoms with E-state index in [2.05, 4.69) is 12.2 Å². The Hall–Kier alpha value is -1.16. The van der Waals surface area contributed by atoms with Gasteiger partial charge in [-0.2, -0.15) is 0 Å². The number of ether oxygens (including phenoxy) is 1. The van der Waals surface area contributed by atoms with Gasteiger partial charge in [-0.3, -0.25) is 4.79 Å². The molecule has 1 heterocycles. The molecule has 0 radical (unpaired) electrons. The zero-order valence-corrected chi connectivity index (χ0v) is 10.3. The molecule has 16 heavy (non-hydrogen) atoms. The third-order valence-electron chi connectivity index (χ3n) is 2.45. The van der Waals surface area contributed by atoms with Crippen molar-refractivity contribution in [1.29, 1.82) is 0 Å². The van der Waals surface area contributed by atoms with Gasteiger partial charge in [0, 0.05) is 4.90 Å². The molecule has 4 heteroatoms. The highest BCUT2D eigenvalue weighted by atomic mass is 32.2. The average molecular weight is 237 g/mol. The fourth-order valence-electron chi connectivity index (χ4n) is 1.65. The van der Waals surface area contributed by atoms with Gasteiger partial charge in [0.2, 0.25) is 0 Å². The number of nitrogens with one attached hydrogen (secondary N) is 1. The first-order valence-electron chi connectivity index (χ1n) is 5.49. The van der Waals surface area contributed by atoms with Gasteiger partial charge in [-0.15, -0.1) is 11.8 Å².